The third-order valence-electron chi connectivity index (χ3n) is 3.27. The minimum absolute atomic E-state index is 0.148. The van der Waals surface area contributed by atoms with Crippen molar-refractivity contribution in [1.82, 2.24) is 0 Å². The molecule has 1 aliphatic carbocycles. The number of aliphatic hydroxyl groups is 1. The van der Waals surface area contributed by atoms with Crippen LogP contribution in [0.3, 0.4) is 0 Å². The minimum atomic E-state index is 0.148. The van der Waals surface area contributed by atoms with E-state index in [-0.39, 0.29) is 18.3 Å². The van der Waals surface area contributed by atoms with E-state index in [1.807, 2.05) is 0 Å². The van der Waals surface area contributed by atoms with Gasteiger partial charge >= 0.3 is 0 Å². The van der Waals surface area contributed by atoms with Gasteiger partial charge < -0.3 is 9.84 Å². The van der Waals surface area contributed by atoms with Crippen LogP contribution >= 0.6 is 0 Å². The molecule has 0 aromatic rings. The van der Waals surface area contributed by atoms with Crippen molar-refractivity contribution in [2.75, 3.05) is 6.61 Å². The highest BCUT2D eigenvalue weighted by atomic mass is 16.5. The Balaban J connectivity index is 1.88. The Morgan fingerprint density at radius 3 is 2.83 bits per heavy atom. The molecule has 2 heteroatoms. The summed E-state index contributed by atoms with van der Waals surface area (Å²) in [6.45, 7) is 2.51. The summed E-state index contributed by atoms with van der Waals surface area (Å²) in [6, 6.07) is 0. The SMILES string of the molecule is CC1CCCC2(C1)CC(CO)O2. The highest BCUT2D eigenvalue weighted by Gasteiger charge is 2.46. The first-order chi connectivity index (χ1) is 5.74. The molecular weight excluding hydrogens is 152 g/mol. The van der Waals surface area contributed by atoms with Gasteiger partial charge in [-0.05, 0) is 18.8 Å². The van der Waals surface area contributed by atoms with Crippen molar-refractivity contribution < 1.29 is 9.84 Å². The van der Waals surface area contributed by atoms with Gasteiger partial charge in [0.25, 0.3) is 0 Å². The Morgan fingerprint density at radius 2 is 2.25 bits per heavy atom. The largest absolute Gasteiger partial charge is 0.394 e. The van der Waals surface area contributed by atoms with E-state index in [1.54, 1.807) is 0 Å². The first kappa shape index (κ1) is 8.52. The molecule has 2 aliphatic rings. The van der Waals surface area contributed by atoms with Crippen molar-refractivity contribution in [1.29, 1.82) is 0 Å². The van der Waals surface area contributed by atoms with Crippen LogP contribution in [0.15, 0.2) is 0 Å². The van der Waals surface area contributed by atoms with Crippen LogP contribution in [0.5, 0.6) is 0 Å². The maximum absolute atomic E-state index is 8.84. The molecule has 1 N–H and O–H groups in total. The van der Waals surface area contributed by atoms with Crippen LogP contribution in [0, 0.1) is 5.92 Å². The second-order valence-corrected chi connectivity index (χ2v) is 4.51. The lowest BCUT2D eigenvalue weighted by Gasteiger charge is -2.51. The highest BCUT2D eigenvalue weighted by molar-refractivity contribution is 4.96. The van der Waals surface area contributed by atoms with Gasteiger partial charge in [0.15, 0.2) is 0 Å². The van der Waals surface area contributed by atoms with Crippen molar-refractivity contribution in [2.24, 2.45) is 5.92 Å². The molecule has 2 nitrogen and oxygen atoms in total. The molecule has 3 unspecified atom stereocenters. The van der Waals surface area contributed by atoms with Crippen LogP contribution in [-0.4, -0.2) is 23.4 Å². The van der Waals surface area contributed by atoms with E-state index in [2.05, 4.69) is 6.92 Å². The average Bonchev–Trinajstić information content (AvgIpc) is 1.99. The van der Waals surface area contributed by atoms with Crippen molar-refractivity contribution in [3.63, 3.8) is 0 Å². The van der Waals surface area contributed by atoms with E-state index in [4.69, 9.17) is 9.84 Å². The predicted octanol–water partition coefficient (Wildman–Crippen LogP) is 1.72. The number of rotatable bonds is 1. The summed E-state index contributed by atoms with van der Waals surface area (Å²) >= 11 is 0. The van der Waals surface area contributed by atoms with Gasteiger partial charge in [-0.1, -0.05) is 19.8 Å². The van der Waals surface area contributed by atoms with Crippen molar-refractivity contribution in [2.45, 2.75) is 50.7 Å². The number of ether oxygens (including phenoxy) is 1. The summed E-state index contributed by atoms with van der Waals surface area (Å²) in [5.41, 5.74) is 0.186. The van der Waals surface area contributed by atoms with E-state index in [9.17, 15) is 0 Å². The molecular formula is C10H18O2. The molecule has 0 amide bonds. The number of hydrogen-bond acceptors (Lipinski definition) is 2. The quantitative estimate of drug-likeness (QED) is 0.649. The van der Waals surface area contributed by atoms with E-state index in [0.717, 1.165) is 12.3 Å². The van der Waals surface area contributed by atoms with Crippen LogP contribution < -0.4 is 0 Å². The zero-order chi connectivity index (χ0) is 8.60. The van der Waals surface area contributed by atoms with Gasteiger partial charge in [-0.2, -0.15) is 0 Å². The average molecular weight is 170 g/mol. The van der Waals surface area contributed by atoms with Crippen LogP contribution in [0.2, 0.25) is 0 Å². The first-order valence-corrected chi connectivity index (χ1v) is 5.03. The Morgan fingerprint density at radius 1 is 1.50 bits per heavy atom. The molecule has 3 atom stereocenters. The summed E-state index contributed by atoms with van der Waals surface area (Å²) in [5.74, 6) is 0.818. The summed E-state index contributed by atoms with van der Waals surface area (Å²) in [4.78, 5) is 0. The fourth-order valence-electron chi connectivity index (χ4n) is 2.76. The normalized spacial score (nSPS) is 47.5. The third-order valence-corrected chi connectivity index (χ3v) is 3.27. The monoisotopic (exact) mass is 170 g/mol. The number of aliphatic hydroxyl groups excluding tert-OH is 1. The lowest BCUT2D eigenvalue weighted by molar-refractivity contribution is -0.235. The molecule has 12 heavy (non-hydrogen) atoms. The van der Waals surface area contributed by atoms with Gasteiger partial charge in [0.2, 0.25) is 0 Å². The Kier molecular flexibility index (Phi) is 2.13. The molecule has 1 aliphatic heterocycles. The number of hydrogen-bond donors (Lipinski definition) is 1. The summed E-state index contributed by atoms with van der Waals surface area (Å²) in [7, 11) is 0. The molecule has 0 aromatic carbocycles. The van der Waals surface area contributed by atoms with Crippen LogP contribution in [0.4, 0.5) is 0 Å². The zero-order valence-corrected chi connectivity index (χ0v) is 7.75. The molecule has 1 saturated carbocycles. The van der Waals surface area contributed by atoms with Crippen LogP contribution in [0.1, 0.15) is 39.0 Å². The zero-order valence-electron chi connectivity index (χ0n) is 7.75. The third kappa shape index (κ3) is 1.38. The molecule has 1 heterocycles. The fourth-order valence-corrected chi connectivity index (χ4v) is 2.76. The van der Waals surface area contributed by atoms with E-state index < -0.39 is 0 Å². The smallest absolute Gasteiger partial charge is 0.0840 e. The van der Waals surface area contributed by atoms with Gasteiger partial charge in [0, 0.05) is 6.42 Å². The molecule has 2 rings (SSSR count). The van der Waals surface area contributed by atoms with Crippen LogP contribution in [-0.2, 0) is 4.74 Å². The molecule has 0 bridgehead atoms. The summed E-state index contributed by atoms with van der Waals surface area (Å²) in [5, 5.41) is 8.84. The summed E-state index contributed by atoms with van der Waals surface area (Å²) < 4.78 is 5.74. The van der Waals surface area contributed by atoms with E-state index in [1.165, 1.54) is 25.7 Å². The molecule has 70 valence electrons. The van der Waals surface area contributed by atoms with Gasteiger partial charge in [-0.3, -0.25) is 0 Å². The predicted molar refractivity (Wildman–Crippen MR) is 46.9 cm³/mol. The molecule has 1 saturated heterocycles. The van der Waals surface area contributed by atoms with Crippen molar-refractivity contribution in [3.8, 4) is 0 Å². The van der Waals surface area contributed by atoms with Gasteiger partial charge in [0.1, 0.15) is 0 Å². The Bertz CT molecular complexity index is 161. The molecule has 1 spiro atoms. The topological polar surface area (TPSA) is 29.5 Å². The van der Waals surface area contributed by atoms with Crippen molar-refractivity contribution in [3.05, 3.63) is 0 Å². The lowest BCUT2D eigenvalue weighted by Crippen LogP contribution is -2.54. The maximum Gasteiger partial charge on any atom is 0.0840 e. The lowest BCUT2D eigenvalue weighted by atomic mass is 9.73. The molecule has 0 radical (unpaired) electrons. The Hall–Kier alpha value is -0.0800. The van der Waals surface area contributed by atoms with Crippen molar-refractivity contribution >= 4 is 0 Å². The minimum Gasteiger partial charge on any atom is -0.394 e. The first-order valence-electron chi connectivity index (χ1n) is 5.03. The summed E-state index contributed by atoms with van der Waals surface area (Å²) in [6.07, 6.45) is 6.33. The fraction of sp³-hybridized carbons (Fsp3) is 1.00. The highest BCUT2D eigenvalue weighted by Crippen LogP contribution is 2.45. The second kappa shape index (κ2) is 3.00. The molecule has 2 fully saturated rings. The molecule has 0 aromatic heterocycles. The standard InChI is InChI=1S/C10H18O2/c1-8-3-2-4-10(5-8)6-9(7-11)12-10/h8-9,11H,2-7H2,1H3. The second-order valence-electron chi connectivity index (χ2n) is 4.51. The van der Waals surface area contributed by atoms with Gasteiger partial charge in [-0.15, -0.1) is 0 Å². The van der Waals surface area contributed by atoms with E-state index >= 15 is 0 Å². The Labute approximate surface area is 73.9 Å². The van der Waals surface area contributed by atoms with Crippen LogP contribution in [0.25, 0.3) is 0 Å². The maximum atomic E-state index is 8.84. The van der Waals surface area contributed by atoms with E-state index in [0.29, 0.717) is 0 Å². The van der Waals surface area contributed by atoms with Gasteiger partial charge in [-0.25, -0.2) is 0 Å². The van der Waals surface area contributed by atoms with Gasteiger partial charge in [0.05, 0.1) is 18.3 Å².